The molecule has 0 aliphatic carbocycles. The van der Waals surface area contributed by atoms with Gasteiger partial charge in [0, 0.05) is 11.5 Å². The van der Waals surface area contributed by atoms with E-state index in [1.165, 1.54) is 31.4 Å². The summed E-state index contributed by atoms with van der Waals surface area (Å²) in [7, 11) is 1.25. The number of nitrogens with two attached hydrogens (primary N) is 1. The van der Waals surface area contributed by atoms with Gasteiger partial charge in [0.15, 0.2) is 5.72 Å². The van der Waals surface area contributed by atoms with Gasteiger partial charge in [0.2, 0.25) is 11.8 Å². The molecule has 0 bridgehead atoms. The molecule has 0 spiro atoms. The van der Waals surface area contributed by atoms with E-state index in [1.54, 1.807) is 30.3 Å². The van der Waals surface area contributed by atoms with Gasteiger partial charge in [0.05, 0.1) is 18.7 Å². The van der Waals surface area contributed by atoms with Crippen LogP contribution in [-0.2, 0) is 20.1 Å². The van der Waals surface area contributed by atoms with Crippen LogP contribution < -0.4 is 11.1 Å². The average Bonchev–Trinajstić information content (AvgIpc) is 2.73. The second-order valence-corrected chi connectivity index (χ2v) is 6.75. The molecule has 1 saturated heterocycles. The highest BCUT2D eigenvalue weighted by atomic mass is 16.5. The van der Waals surface area contributed by atoms with Crippen molar-refractivity contribution in [3.63, 3.8) is 0 Å². The maximum atomic E-state index is 12.7. The maximum Gasteiger partial charge on any atom is 0.337 e. The summed E-state index contributed by atoms with van der Waals surface area (Å²) in [5.74, 6) is -5.86. The third-order valence-corrected chi connectivity index (χ3v) is 5.14. The van der Waals surface area contributed by atoms with E-state index in [0.29, 0.717) is 11.1 Å². The number of carbonyl (C=O) groups excluding carboxylic acids is 3. The largest absolute Gasteiger partial charge is 0.465 e. The number of nitrogens with one attached hydrogen (secondary N) is 1. The van der Waals surface area contributed by atoms with Crippen LogP contribution in [0.2, 0.25) is 0 Å². The van der Waals surface area contributed by atoms with Crippen LogP contribution in [0, 0.1) is 23.2 Å². The lowest BCUT2D eigenvalue weighted by Gasteiger charge is -2.44. The number of hydrogen-bond donors (Lipinski definition) is 3. The number of benzene rings is 2. The SMILES string of the molecule is COC(=O)c1ccc([C@H]2[C@@H](C(N)=O)C(=O)N[C@](O)(c3ccccc3)[C@H]2C#N)cc1. The van der Waals surface area contributed by atoms with Crippen LogP contribution in [0.15, 0.2) is 54.6 Å². The molecule has 4 atom stereocenters. The first kappa shape index (κ1) is 20.0. The Balaban J connectivity index is 2.14. The topological polar surface area (TPSA) is 143 Å². The molecule has 1 fully saturated rings. The highest BCUT2D eigenvalue weighted by molar-refractivity contribution is 6.02. The fraction of sp³-hybridized carbons (Fsp3) is 0.238. The number of esters is 1. The number of methoxy groups -OCH3 is 1. The average molecular weight is 393 g/mol. The van der Waals surface area contributed by atoms with E-state index in [4.69, 9.17) is 5.73 Å². The third kappa shape index (κ3) is 3.44. The minimum Gasteiger partial charge on any atom is -0.465 e. The lowest BCUT2D eigenvalue weighted by atomic mass is 9.67. The van der Waals surface area contributed by atoms with Crippen molar-refractivity contribution in [1.29, 1.82) is 5.26 Å². The molecule has 148 valence electrons. The van der Waals surface area contributed by atoms with Crippen molar-refractivity contribution in [1.82, 2.24) is 5.32 Å². The standard InChI is InChI=1S/C21H19N3O5/c1-29-20(27)13-9-7-12(8-10-13)16-15(11-22)21(28,14-5-3-2-4-6-14)24-19(26)17(16)18(23)25/h2-10,15-17,28H,1H3,(H2,23,25)(H,24,26)/t15-,16+,17-,21-/m0/s1. The van der Waals surface area contributed by atoms with Crippen molar-refractivity contribution in [2.24, 2.45) is 17.6 Å². The Morgan fingerprint density at radius 2 is 1.79 bits per heavy atom. The minimum absolute atomic E-state index is 0.263. The number of carbonyl (C=O) groups is 3. The molecule has 1 heterocycles. The Labute approximate surface area is 166 Å². The zero-order valence-corrected chi connectivity index (χ0v) is 15.5. The molecule has 1 aliphatic rings. The van der Waals surface area contributed by atoms with Crippen LogP contribution in [0.3, 0.4) is 0 Å². The van der Waals surface area contributed by atoms with Gasteiger partial charge in [-0.3, -0.25) is 9.59 Å². The molecule has 8 heteroatoms. The molecule has 0 unspecified atom stereocenters. The van der Waals surface area contributed by atoms with Crippen LogP contribution in [0.25, 0.3) is 0 Å². The summed E-state index contributed by atoms with van der Waals surface area (Å²) in [6.07, 6.45) is 0. The summed E-state index contributed by atoms with van der Waals surface area (Å²) in [5.41, 5.74) is 4.42. The Morgan fingerprint density at radius 1 is 1.17 bits per heavy atom. The highest BCUT2D eigenvalue weighted by Gasteiger charge is 2.55. The predicted molar refractivity (Wildman–Crippen MR) is 101 cm³/mol. The van der Waals surface area contributed by atoms with E-state index < -0.39 is 41.3 Å². The van der Waals surface area contributed by atoms with Crippen molar-refractivity contribution >= 4 is 17.8 Å². The van der Waals surface area contributed by atoms with Crippen LogP contribution in [-0.4, -0.2) is 30.0 Å². The summed E-state index contributed by atoms with van der Waals surface area (Å²) < 4.78 is 4.66. The maximum absolute atomic E-state index is 12.7. The van der Waals surface area contributed by atoms with Crippen molar-refractivity contribution in [2.45, 2.75) is 11.6 Å². The zero-order valence-electron chi connectivity index (χ0n) is 15.5. The van der Waals surface area contributed by atoms with Gasteiger partial charge in [-0.1, -0.05) is 42.5 Å². The first-order valence-corrected chi connectivity index (χ1v) is 8.80. The molecular formula is C21H19N3O5. The van der Waals surface area contributed by atoms with E-state index >= 15 is 0 Å². The fourth-order valence-corrected chi connectivity index (χ4v) is 3.73. The van der Waals surface area contributed by atoms with Gasteiger partial charge in [-0.15, -0.1) is 0 Å². The van der Waals surface area contributed by atoms with Crippen molar-refractivity contribution in [2.75, 3.05) is 7.11 Å². The normalized spacial score (nSPS) is 26.1. The van der Waals surface area contributed by atoms with E-state index in [9.17, 15) is 24.8 Å². The number of hydrogen-bond acceptors (Lipinski definition) is 6. The van der Waals surface area contributed by atoms with Gasteiger partial charge in [-0.05, 0) is 17.7 Å². The molecule has 2 amide bonds. The molecule has 2 aromatic carbocycles. The molecule has 0 aromatic heterocycles. The fourth-order valence-electron chi connectivity index (χ4n) is 3.73. The Bertz CT molecular complexity index is 984. The first-order chi connectivity index (χ1) is 13.8. The number of aliphatic hydroxyl groups is 1. The van der Waals surface area contributed by atoms with Crippen LogP contribution >= 0.6 is 0 Å². The third-order valence-electron chi connectivity index (χ3n) is 5.14. The molecule has 2 aromatic rings. The first-order valence-electron chi connectivity index (χ1n) is 8.80. The molecule has 29 heavy (non-hydrogen) atoms. The van der Waals surface area contributed by atoms with Crippen molar-refractivity contribution < 1.29 is 24.2 Å². The number of nitriles is 1. The lowest BCUT2D eigenvalue weighted by Crippen LogP contribution is -2.62. The zero-order chi connectivity index (χ0) is 21.2. The quantitative estimate of drug-likeness (QED) is 0.517. The molecule has 1 aliphatic heterocycles. The van der Waals surface area contributed by atoms with Crippen LogP contribution in [0.4, 0.5) is 0 Å². The Morgan fingerprint density at radius 3 is 2.31 bits per heavy atom. The minimum atomic E-state index is -2.02. The lowest BCUT2D eigenvalue weighted by molar-refractivity contribution is -0.153. The van der Waals surface area contributed by atoms with Gasteiger partial charge >= 0.3 is 5.97 Å². The number of rotatable bonds is 4. The molecule has 0 saturated carbocycles. The van der Waals surface area contributed by atoms with Gasteiger partial charge < -0.3 is 20.9 Å². The van der Waals surface area contributed by atoms with Crippen molar-refractivity contribution in [3.8, 4) is 6.07 Å². The van der Waals surface area contributed by atoms with E-state index in [0.717, 1.165) is 0 Å². The number of piperidine rings is 1. The van der Waals surface area contributed by atoms with Gasteiger partial charge in [-0.25, -0.2) is 4.79 Å². The number of primary amides is 1. The van der Waals surface area contributed by atoms with Gasteiger partial charge in [0.25, 0.3) is 0 Å². The highest BCUT2D eigenvalue weighted by Crippen LogP contribution is 2.45. The molecule has 4 N–H and O–H groups in total. The number of ether oxygens (including phenoxy) is 1. The summed E-state index contributed by atoms with van der Waals surface area (Å²) in [5, 5.41) is 23.6. The Hall–Kier alpha value is -3.70. The predicted octanol–water partition coefficient (Wildman–Crippen LogP) is 0.773. The van der Waals surface area contributed by atoms with Crippen LogP contribution in [0.1, 0.15) is 27.4 Å². The van der Waals surface area contributed by atoms with Crippen molar-refractivity contribution in [3.05, 3.63) is 71.3 Å². The van der Waals surface area contributed by atoms with Crippen LogP contribution in [0.5, 0.6) is 0 Å². The van der Waals surface area contributed by atoms with E-state index in [2.05, 4.69) is 10.1 Å². The number of nitrogens with zero attached hydrogens (tertiary/aromatic N) is 1. The molecular weight excluding hydrogens is 374 g/mol. The van der Waals surface area contributed by atoms with Gasteiger partial charge in [-0.2, -0.15) is 5.26 Å². The monoisotopic (exact) mass is 393 g/mol. The Kier molecular flexibility index (Phi) is 5.35. The summed E-state index contributed by atoms with van der Waals surface area (Å²) >= 11 is 0. The smallest absolute Gasteiger partial charge is 0.337 e. The van der Waals surface area contributed by atoms with Gasteiger partial charge in [0.1, 0.15) is 11.8 Å². The van der Waals surface area contributed by atoms with E-state index in [1.807, 2.05) is 6.07 Å². The second-order valence-electron chi connectivity index (χ2n) is 6.75. The molecule has 0 radical (unpaired) electrons. The summed E-state index contributed by atoms with van der Waals surface area (Å²) in [6.45, 7) is 0. The summed E-state index contributed by atoms with van der Waals surface area (Å²) in [4.78, 5) is 36.5. The van der Waals surface area contributed by atoms with E-state index in [-0.39, 0.29) is 5.56 Å². The second kappa shape index (κ2) is 7.73. The summed E-state index contributed by atoms with van der Waals surface area (Å²) in [6, 6.07) is 16.2. The molecule has 8 nitrogen and oxygen atoms in total. The number of amides is 2. The molecule has 3 rings (SSSR count).